The van der Waals surface area contributed by atoms with Gasteiger partial charge in [0.1, 0.15) is 0 Å². The SMILES string of the molecule is c1ccc(-c2cc(-c3ccc(-c4ccc5nc(-c6ccccc6)c6cc7c(cc6c5c4)C4(c5ccccc5S7)c5ccccc5-c5ccccc54)cc3)nc(-c3ccccc3)n2)cc1. The van der Waals surface area contributed by atoms with Crippen molar-refractivity contribution in [3.8, 4) is 67.4 Å². The van der Waals surface area contributed by atoms with Gasteiger partial charge in [0.2, 0.25) is 0 Å². The van der Waals surface area contributed by atoms with Crippen LogP contribution in [0.3, 0.4) is 0 Å². The molecule has 4 heteroatoms. The minimum absolute atomic E-state index is 0.476. The molecular weight excluding hydrogens is 795 g/mol. The Bertz CT molecular complexity index is 3520. The lowest BCUT2D eigenvalue weighted by Gasteiger charge is -2.40. The van der Waals surface area contributed by atoms with Crippen molar-refractivity contribution in [3.05, 3.63) is 247 Å². The average molecular weight is 832 g/mol. The largest absolute Gasteiger partial charge is 0.247 e. The molecule has 1 aliphatic carbocycles. The highest BCUT2D eigenvalue weighted by molar-refractivity contribution is 7.99. The van der Waals surface area contributed by atoms with E-state index >= 15 is 0 Å². The maximum atomic E-state index is 5.46. The quantitative estimate of drug-likeness (QED) is 0.162. The smallest absolute Gasteiger partial charge is 0.160 e. The zero-order valence-corrected chi connectivity index (χ0v) is 35.4. The number of pyridine rings is 1. The Kier molecular flexibility index (Phi) is 8.37. The number of nitrogens with zero attached hydrogens (tertiary/aromatic N) is 3. The van der Waals surface area contributed by atoms with E-state index in [9.17, 15) is 0 Å². The summed E-state index contributed by atoms with van der Waals surface area (Å²) in [6, 6.07) is 80.9. The third kappa shape index (κ3) is 5.66. The molecular formula is C60H37N3S. The van der Waals surface area contributed by atoms with Crippen molar-refractivity contribution in [1.29, 1.82) is 0 Å². The minimum Gasteiger partial charge on any atom is -0.247 e. The molecule has 11 aromatic rings. The summed E-state index contributed by atoms with van der Waals surface area (Å²) < 4.78 is 0. The van der Waals surface area contributed by atoms with Gasteiger partial charge < -0.3 is 0 Å². The van der Waals surface area contributed by atoms with Gasteiger partial charge >= 0.3 is 0 Å². The maximum Gasteiger partial charge on any atom is 0.160 e. The van der Waals surface area contributed by atoms with Crippen LogP contribution in [0.2, 0.25) is 0 Å². The van der Waals surface area contributed by atoms with E-state index in [2.05, 4.69) is 200 Å². The van der Waals surface area contributed by atoms with Crippen LogP contribution in [-0.2, 0) is 5.41 Å². The molecule has 9 aromatic carbocycles. The first-order valence-corrected chi connectivity index (χ1v) is 22.6. The fourth-order valence-electron chi connectivity index (χ4n) is 10.2. The molecule has 0 saturated heterocycles. The number of hydrogen-bond donors (Lipinski definition) is 0. The maximum absolute atomic E-state index is 5.46. The molecule has 0 fully saturated rings. The van der Waals surface area contributed by atoms with Gasteiger partial charge in [-0.25, -0.2) is 15.0 Å². The molecule has 0 saturated carbocycles. The molecule has 0 unspecified atom stereocenters. The van der Waals surface area contributed by atoms with Crippen LogP contribution in [0.4, 0.5) is 0 Å². The number of benzene rings is 9. The van der Waals surface area contributed by atoms with Crippen LogP contribution in [0.5, 0.6) is 0 Å². The highest BCUT2D eigenvalue weighted by atomic mass is 32.2. The van der Waals surface area contributed by atoms with Gasteiger partial charge in [0, 0.05) is 42.8 Å². The lowest BCUT2D eigenvalue weighted by atomic mass is 9.67. The molecule has 2 aromatic heterocycles. The summed E-state index contributed by atoms with van der Waals surface area (Å²) in [6.07, 6.45) is 0. The van der Waals surface area contributed by atoms with Gasteiger partial charge in [-0.2, -0.15) is 0 Å². The summed E-state index contributed by atoms with van der Waals surface area (Å²) in [4.78, 5) is 18.1. The molecule has 0 amide bonds. The first kappa shape index (κ1) is 36.7. The van der Waals surface area contributed by atoms with Crippen LogP contribution in [0.25, 0.3) is 89.1 Å². The Balaban J connectivity index is 1.00. The van der Waals surface area contributed by atoms with Crippen LogP contribution < -0.4 is 0 Å². The van der Waals surface area contributed by atoms with Crippen molar-refractivity contribution in [2.45, 2.75) is 15.2 Å². The minimum atomic E-state index is -0.476. The summed E-state index contributed by atoms with van der Waals surface area (Å²) >= 11 is 1.88. The van der Waals surface area contributed by atoms with E-state index in [1.165, 1.54) is 48.6 Å². The predicted molar refractivity (Wildman–Crippen MR) is 263 cm³/mol. The molecule has 1 spiro atoms. The third-order valence-electron chi connectivity index (χ3n) is 13.2. The number of hydrogen-bond acceptors (Lipinski definition) is 4. The Labute approximate surface area is 375 Å². The molecule has 3 heterocycles. The zero-order valence-electron chi connectivity index (χ0n) is 34.6. The summed E-state index contributed by atoms with van der Waals surface area (Å²) in [5.74, 6) is 0.709. The Hall–Kier alpha value is -7.92. The molecule has 13 rings (SSSR count). The molecule has 0 N–H and O–H groups in total. The van der Waals surface area contributed by atoms with Crippen LogP contribution in [0, 0.1) is 0 Å². The van der Waals surface area contributed by atoms with Crippen LogP contribution in [-0.4, -0.2) is 15.0 Å². The molecule has 0 radical (unpaired) electrons. The molecule has 0 bridgehead atoms. The second-order valence-electron chi connectivity index (χ2n) is 16.7. The van der Waals surface area contributed by atoms with E-state index in [0.717, 1.165) is 66.8 Å². The average Bonchev–Trinajstić information content (AvgIpc) is 3.66. The van der Waals surface area contributed by atoms with E-state index in [0.29, 0.717) is 5.82 Å². The first-order valence-electron chi connectivity index (χ1n) is 21.8. The van der Waals surface area contributed by atoms with Crippen LogP contribution in [0.1, 0.15) is 22.3 Å². The monoisotopic (exact) mass is 831 g/mol. The van der Waals surface area contributed by atoms with Gasteiger partial charge in [0.05, 0.1) is 28.0 Å². The lowest BCUT2D eigenvalue weighted by Crippen LogP contribution is -2.32. The van der Waals surface area contributed by atoms with Gasteiger partial charge in [-0.15, -0.1) is 0 Å². The predicted octanol–water partition coefficient (Wildman–Crippen LogP) is 15.3. The van der Waals surface area contributed by atoms with Gasteiger partial charge in [0.25, 0.3) is 0 Å². The van der Waals surface area contributed by atoms with E-state index in [-0.39, 0.29) is 0 Å². The normalized spacial score (nSPS) is 13.1. The standard InChI is InChI=1S/C60H37N3S/c1-4-16-39(17-5-1)54-37-55(63-59(62-54)42-20-8-3-9-21-42)40-30-28-38(29-31-40)43-32-33-53-47(34-43)46-35-52-57(36-48(46)58(61-53)41-18-6-2-7-19-41)64-56-27-15-14-26-51(56)60(52)49-24-12-10-22-44(49)45-23-11-13-25-50(45)60/h1-37H. The fourth-order valence-corrected chi connectivity index (χ4v) is 11.5. The van der Waals surface area contributed by atoms with Gasteiger partial charge in [-0.3, -0.25) is 0 Å². The Morgan fingerprint density at radius 3 is 1.52 bits per heavy atom. The van der Waals surface area contributed by atoms with Crippen molar-refractivity contribution in [1.82, 2.24) is 15.0 Å². The highest BCUT2D eigenvalue weighted by Gasteiger charge is 2.50. The second-order valence-corrected chi connectivity index (χ2v) is 17.7. The summed E-state index contributed by atoms with van der Waals surface area (Å²) in [5.41, 5.74) is 17.7. The van der Waals surface area contributed by atoms with Crippen molar-refractivity contribution in [2.75, 3.05) is 0 Å². The zero-order chi connectivity index (χ0) is 42.2. The third-order valence-corrected chi connectivity index (χ3v) is 14.3. The Morgan fingerprint density at radius 2 is 0.844 bits per heavy atom. The van der Waals surface area contributed by atoms with Crippen molar-refractivity contribution < 1.29 is 0 Å². The molecule has 1 aliphatic heterocycles. The molecule has 0 atom stereocenters. The highest BCUT2D eigenvalue weighted by Crippen LogP contribution is 2.62. The lowest BCUT2D eigenvalue weighted by molar-refractivity contribution is 0.724. The number of rotatable bonds is 5. The Morgan fingerprint density at radius 1 is 0.312 bits per heavy atom. The van der Waals surface area contributed by atoms with E-state index < -0.39 is 5.41 Å². The summed E-state index contributed by atoms with van der Waals surface area (Å²) in [7, 11) is 0. The van der Waals surface area contributed by atoms with E-state index in [1.54, 1.807) is 0 Å². The molecule has 3 nitrogen and oxygen atoms in total. The van der Waals surface area contributed by atoms with Gasteiger partial charge in [0.15, 0.2) is 5.82 Å². The van der Waals surface area contributed by atoms with Crippen LogP contribution in [0.15, 0.2) is 234 Å². The molecule has 2 aliphatic rings. The van der Waals surface area contributed by atoms with Crippen LogP contribution >= 0.6 is 11.8 Å². The molecule has 64 heavy (non-hydrogen) atoms. The second kappa shape index (κ2) is 14.6. The van der Waals surface area contributed by atoms with Gasteiger partial charge in [-0.1, -0.05) is 200 Å². The van der Waals surface area contributed by atoms with E-state index in [1.807, 2.05) is 36.0 Å². The summed E-state index contributed by atoms with van der Waals surface area (Å²) in [5, 5.41) is 3.48. The topological polar surface area (TPSA) is 38.7 Å². The summed E-state index contributed by atoms with van der Waals surface area (Å²) in [6.45, 7) is 0. The van der Waals surface area contributed by atoms with E-state index in [4.69, 9.17) is 15.0 Å². The fraction of sp³-hybridized carbons (Fsp3) is 0.0167. The van der Waals surface area contributed by atoms with Crippen molar-refractivity contribution in [3.63, 3.8) is 0 Å². The molecule has 298 valence electrons. The van der Waals surface area contributed by atoms with Crippen molar-refractivity contribution >= 4 is 33.4 Å². The number of fused-ring (bicyclic) bond motifs is 12. The van der Waals surface area contributed by atoms with Crippen molar-refractivity contribution in [2.24, 2.45) is 0 Å². The first-order chi connectivity index (χ1) is 31.7. The number of aromatic nitrogens is 3. The van der Waals surface area contributed by atoms with Gasteiger partial charge in [-0.05, 0) is 86.3 Å².